The summed E-state index contributed by atoms with van der Waals surface area (Å²) in [5, 5.41) is 21.8. The highest BCUT2D eigenvalue weighted by Crippen LogP contribution is 2.33. The van der Waals surface area contributed by atoms with Crippen LogP contribution in [0.3, 0.4) is 0 Å². The first-order chi connectivity index (χ1) is 22.7. The van der Waals surface area contributed by atoms with Gasteiger partial charge in [0.05, 0.1) is 17.5 Å². The third-order valence-corrected chi connectivity index (χ3v) is 17.1. The zero-order chi connectivity index (χ0) is 35.4. The van der Waals surface area contributed by atoms with E-state index in [-0.39, 0.29) is 18.1 Å². The van der Waals surface area contributed by atoms with Crippen molar-refractivity contribution >= 4 is 77.3 Å². The summed E-state index contributed by atoms with van der Waals surface area (Å²) in [6.07, 6.45) is 2.13. The predicted molar refractivity (Wildman–Crippen MR) is 201 cm³/mol. The number of amides is 1. The van der Waals surface area contributed by atoms with Crippen molar-refractivity contribution in [1.82, 2.24) is 15.5 Å². The first kappa shape index (κ1) is 40.7. The summed E-state index contributed by atoms with van der Waals surface area (Å²) in [6.45, 7) is 8.98. The standard InChI is InChI=1S/C32H45N3O7S5Si/c1-7-24-8-10-25(11-9-24)17-44-30-34-35-31(46-30)45-18-26-12-14-27(15-13-26)23(2)16-28(19-43-22-48(21-36,41-5)42-6)29(37)33-32(3,4)20-47(38,39)40/h7-15,23,28,36H,1,16-22H2,2-6H3,(H,33,37)(H,38,39,40). The van der Waals surface area contributed by atoms with Crippen LogP contribution >= 0.6 is 46.6 Å². The van der Waals surface area contributed by atoms with Crippen molar-refractivity contribution in [3.05, 3.63) is 77.4 Å². The molecule has 1 amide bonds. The molecule has 10 nitrogen and oxygen atoms in total. The topological polar surface area (TPSA) is 148 Å². The minimum absolute atomic E-state index is 0.0214. The van der Waals surface area contributed by atoms with Crippen molar-refractivity contribution in [3.8, 4) is 0 Å². The van der Waals surface area contributed by atoms with Crippen LogP contribution in [0.2, 0.25) is 0 Å². The summed E-state index contributed by atoms with van der Waals surface area (Å²) in [4.78, 5) is 13.5. The molecule has 0 saturated heterocycles. The molecule has 0 bridgehead atoms. The number of rotatable bonds is 21. The van der Waals surface area contributed by atoms with Crippen molar-refractivity contribution in [2.75, 3.05) is 37.3 Å². The van der Waals surface area contributed by atoms with Crippen molar-refractivity contribution in [3.63, 3.8) is 0 Å². The maximum atomic E-state index is 13.5. The Morgan fingerprint density at radius 2 is 1.58 bits per heavy atom. The highest BCUT2D eigenvalue weighted by molar-refractivity contribution is 8.02. The number of aliphatic hydroxyl groups is 1. The summed E-state index contributed by atoms with van der Waals surface area (Å²) in [5.41, 5.74) is 3.37. The van der Waals surface area contributed by atoms with Gasteiger partial charge in [-0.2, -0.15) is 20.2 Å². The summed E-state index contributed by atoms with van der Waals surface area (Å²) in [7, 11) is -4.08. The van der Waals surface area contributed by atoms with Gasteiger partial charge in [0, 0.05) is 42.8 Å². The molecule has 3 rings (SSSR count). The van der Waals surface area contributed by atoms with Gasteiger partial charge in [0.25, 0.3) is 10.1 Å². The smallest absolute Gasteiger partial charge is 0.374 e. The molecule has 3 aromatic rings. The SMILES string of the molecule is C=Cc1ccc(CSc2nnc(SCc3ccc(C(C)CC(CSC[Si](CO)(OC)OC)C(=O)NC(C)(C)CS(=O)(=O)O)cc3)s2)cc1. The molecule has 2 aromatic carbocycles. The molecule has 1 heterocycles. The van der Waals surface area contributed by atoms with Gasteiger partial charge in [-0.05, 0) is 48.4 Å². The second-order valence-electron chi connectivity index (χ2n) is 12.0. The van der Waals surface area contributed by atoms with E-state index >= 15 is 0 Å². The Kier molecular flexibility index (Phi) is 16.1. The average Bonchev–Trinajstić information content (AvgIpc) is 3.51. The van der Waals surface area contributed by atoms with Crippen LogP contribution < -0.4 is 5.32 Å². The Bertz CT molecular complexity index is 1560. The molecule has 2 atom stereocenters. The second-order valence-corrected chi connectivity index (χ2v) is 21.7. The minimum atomic E-state index is -4.29. The van der Waals surface area contributed by atoms with Crippen molar-refractivity contribution in [2.45, 2.75) is 58.8 Å². The van der Waals surface area contributed by atoms with E-state index in [1.54, 1.807) is 48.7 Å². The molecule has 1 aromatic heterocycles. The monoisotopic (exact) mass is 771 g/mol. The van der Waals surface area contributed by atoms with Crippen LogP contribution in [-0.4, -0.2) is 85.6 Å². The summed E-state index contributed by atoms with van der Waals surface area (Å²) in [6, 6.07) is 16.6. The number of hydrogen-bond donors (Lipinski definition) is 3. The van der Waals surface area contributed by atoms with E-state index in [4.69, 9.17) is 8.85 Å². The number of aliphatic hydroxyl groups excluding tert-OH is 1. The van der Waals surface area contributed by atoms with Gasteiger partial charge in [-0.1, -0.05) is 103 Å². The largest absolute Gasteiger partial charge is 0.396 e. The molecule has 48 heavy (non-hydrogen) atoms. The van der Waals surface area contributed by atoms with Gasteiger partial charge in [0.15, 0.2) is 8.68 Å². The Morgan fingerprint density at radius 1 is 1.04 bits per heavy atom. The highest BCUT2D eigenvalue weighted by atomic mass is 32.2. The van der Waals surface area contributed by atoms with Gasteiger partial charge in [0.1, 0.15) is 0 Å². The maximum absolute atomic E-state index is 13.5. The average molecular weight is 772 g/mol. The van der Waals surface area contributed by atoms with Crippen LogP contribution in [0, 0.1) is 5.92 Å². The van der Waals surface area contributed by atoms with Crippen molar-refractivity contribution in [1.29, 1.82) is 0 Å². The molecule has 0 aliphatic carbocycles. The molecule has 0 spiro atoms. The van der Waals surface area contributed by atoms with Crippen molar-refractivity contribution < 1.29 is 31.7 Å². The Balaban J connectivity index is 1.59. The molecule has 0 radical (unpaired) electrons. The second kappa shape index (κ2) is 19.0. The van der Waals surface area contributed by atoms with E-state index in [2.05, 4.69) is 77.5 Å². The molecule has 0 aliphatic heterocycles. The number of hydrogen-bond acceptors (Lipinski definition) is 12. The Morgan fingerprint density at radius 3 is 2.06 bits per heavy atom. The molecule has 0 saturated carbocycles. The molecular formula is C32H45N3O7S5Si. The van der Waals surface area contributed by atoms with Crippen LogP contribution in [0.25, 0.3) is 6.08 Å². The van der Waals surface area contributed by atoms with Gasteiger partial charge in [-0.15, -0.1) is 10.2 Å². The minimum Gasteiger partial charge on any atom is -0.396 e. The van der Waals surface area contributed by atoms with Crippen LogP contribution in [0.4, 0.5) is 0 Å². The van der Waals surface area contributed by atoms with E-state index in [0.717, 1.165) is 36.9 Å². The molecule has 16 heteroatoms. The zero-order valence-electron chi connectivity index (χ0n) is 27.9. The highest BCUT2D eigenvalue weighted by Gasteiger charge is 2.36. The number of nitrogens with one attached hydrogen (secondary N) is 1. The maximum Gasteiger partial charge on any atom is 0.374 e. The number of benzene rings is 2. The van der Waals surface area contributed by atoms with E-state index in [9.17, 15) is 22.9 Å². The van der Waals surface area contributed by atoms with Crippen LogP contribution in [0.15, 0.2) is 63.8 Å². The third-order valence-electron chi connectivity index (χ3n) is 7.52. The molecule has 264 valence electrons. The van der Waals surface area contributed by atoms with Gasteiger partial charge in [-0.25, -0.2) is 0 Å². The quantitative estimate of drug-likeness (QED) is 0.0644. The number of carbonyl (C=O) groups excluding carboxylic acids is 1. The van der Waals surface area contributed by atoms with Gasteiger partial charge >= 0.3 is 8.56 Å². The van der Waals surface area contributed by atoms with Crippen LogP contribution in [-0.2, 0) is 35.3 Å². The molecule has 2 unspecified atom stereocenters. The number of aromatic nitrogens is 2. The lowest BCUT2D eigenvalue weighted by Crippen LogP contribution is -2.51. The fourth-order valence-corrected chi connectivity index (χ4v) is 12.7. The van der Waals surface area contributed by atoms with Crippen LogP contribution in [0.5, 0.6) is 0 Å². The van der Waals surface area contributed by atoms with E-state index in [0.29, 0.717) is 17.5 Å². The van der Waals surface area contributed by atoms with E-state index < -0.39 is 35.9 Å². The summed E-state index contributed by atoms with van der Waals surface area (Å²) < 4.78 is 45.3. The van der Waals surface area contributed by atoms with Gasteiger partial charge in [-0.3, -0.25) is 9.35 Å². The zero-order valence-corrected chi connectivity index (χ0v) is 33.0. The van der Waals surface area contributed by atoms with Gasteiger partial charge in [0.2, 0.25) is 5.91 Å². The molecule has 0 fully saturated rings. The number of carbonyl (C=O) groups is 1. The first-order valence-corrected chi connectivity index (χ1v) is 22.9. The summed E-state index contributed by atoms with van der Waals surface area (Å²) in [5.74, 6) is 0.628. The lowest BCUT2D eigenvalue weighted by Gasteiger charge is -2.29. The number of nitrogens with zero attached hydrogens (tertiary/aromatic N) is 2. The normalized spacial score (nSPS) is 13.6. The Hall–Kier alpha value is -1.73. The third kappa shape index (κ3) is 13.5. The lowest BCUT2D eigenvalue weighted by atomic mass is 9.89. The number of thioether (sulfide) groups is 3. The molecule has 0 aliphatic rings. The van der Waals surface area contributed by atoms with Gasteiger partial charge < -0.3 is 19.3 Å². The molecule has 3 N–H and O–H groups in total. The van der Waals surface area contributed by atoms with Crippen molar-refractivity contribution in [2.24, 2.45) is 5.92 Å². The van der Waals surface area contributed by atoms with E-state index in [1.807, 2.05) is 6.08 Å². The Labute approximate surface area is 302 Å². The summed E-state index contributed by atoms with van der Waals surface area (Å²) >= 11 is 6.37. The van der Waals surface area contributed by atoms with E-state index in [1.165, 1.54) is 31.5 Å². The lowest BCUT2D eigenvalue weighted by molar-refractivity contribution is -0.126. The fourth-order valence-electron chi connectivity index (χ4n) is 4.77. The first-order valence-electron chi connectivity index (χ1n) is 15.2. The molecular weight excluding hydrogens is 727 g/mol. The van der Waals surface area contributed by atoms with Crippen LogP contribution in [0.1, 0.15) is 55.4 Å². The predicted octanol–water partition coefficient (Wildman–Crippen LogP) is 6.20. The fraction of sp³-hybridized carbons (Fsp3) is 0.469.